The van der Waals surface area contributed by atoms with Gasteiger partial charge in [0, 0.05) is 31.9 Å². The number of fused-ring (bicyclic) bond motifs is 3. The highest BCUT2D eigenvalue weighted by atomic mass is 16.1. The molecule has 116 valence electrons. The quantitative estimate of drug-likeness (QED) is 0.709. The lowest BCUT2D eigenvalue weighted by molar-refractivity contribution is 0.103. The molecule has 3 heterocycles. The normalized spacial score (nSPS) is 17.0. The maximum atomic E-state index is 12.6. The molecule has 0 aliphatic carbocycles. The number of benzene rings is 1. The van der Waals surface area contributed by atoms with Gasteiger partial charge in [-0.05, 0) is 25.2 Å². The highest BCUT2D eigenvalue weighted by Crippen LogP contribution is 2.34. The van der Waals surface area contributed by atoms with Crippen molar-refractivity contribution < 1.29 is 4.79 Å². The summed E-state index contributed by atoms with van der Waals surface area (Å²) >= 11 is 0. The minimum Gasteiger partial charge on any atom is -0.382 e. The molecule has 23 heavy (non-hydrogen) atoms. The molecule has 2 N–H and O–H groups in total. The minimum atomic E-state index is -0.177. The molecule has 7 heteroatoms. The first-order valence-corrected chi connectivity index (χ1v) is 7.51. The van der Waals surface area contributed by atoms with Gasteiger partial charge >= 0.3 is 0 Å². The molecule has 2 aromatic rings. The Kier molecular flexibility index (Phi) is 2.89. The van der Waals surface area contributed by atoms with Crippen LogP contribution in [0.2, 0.25) is 0 Å². The summed E-state index contributed by atoms with van der Waals surface area (Å²) in [6, 6.07) is 7.71. The molecule has 2 aliphatic heterocycles. The van der Waals surface area contributed by atoms with Crippen LogP contribution in [-0.4, -0.2) is 53.5 Å². The van der Waals surface area contributed by atoms with Gasteiger partial charge in [-0.3, -0.25) is 9.36 Å². The van der Waals surface area contributed by atoms with Crippen molar-refractivity contribution in [1.29, 1.82) is 5.26 Å². The number of rotatable bonds is 1. The van der Waals surface area contributed by atoms with E-state index >= 15 is 0 Å². The molecule has 0 atom stereocenters. The van der Waals surface area contributed by atoms with Crippen LogP contribution in [0.5, 0.6) is 0 Å². The van der Waals surface area contributed by atoms with Crippen molar-refractivity contribution in [3.63, 3.8) is 0 Å². The van der Waals surface area contributed by atoms with Gasteiger partial charge in [0.25, 0.3) is 0 Å². The fourth-order valence-electron chi connectivity index (χ4n) is 3.19. The minimum absolute atomic E-state index is 0.0992. The summed E-state index contributed by atoms with van der Waals surface area (Å²) in [5, 5.41) is 9.02. The van der Waals surface area contributed by atoms with Gasteiger partial charge in [-0.15, -0.1) is 0 Å². The number of nitrogen functional groups attached to an aromatic ring is 1. The second-order valence-corrected chi connectivity index (χ2v) is 5.94. The average molecular weight is 308 g/mol. The summed E-state index contributed by atoms with van der Waals surface area (Å²) in [5.74, 6) is 0.274. The molecule has 2 aliphatic rings. The molecule has 1 fully saturated rings. The predicted molar refractivity (Wildman–Crippen MR) is 85.8 cm³/mol. The Hall–Kier alpha value is -2.85. The second kappa shape index (κ2) is 4.83. The Labute approximate surface area is 133 Å². The van der Waals surface area contributed by atoms with E-state index in [-0.39, 0.29) is 23.1 Å². The van der Waals surface area contributed by atoms with Crippen LogP contribution >= 0.6 is 0 Å². The fraction of sp³-hybridized carbons (Fsp3) is 0.312. The third-order valence-electron chi connectivity index (χ3n) is 4.56. The zero-order chi connectivity index (χ0) is 16.1. The largest absolute Gasteiger partial charge is 0.382 e. The standard InChI is InChI=1S/C16H16N6O/c1-20-4-6-21(7-5-20)10-2-3-13-11(8-10)14(23)16-19-12(9-17)15(18)22(13)16/h2-3,8H,4-7,18H2,1H3. The second-order valence-electron chi connectivity index (χ2n) is 5.94. The average Bonchev–Trinajstić information content (AvgIpc) is 3.04. The van der Waals surface area contributed by atoms with Gasteiger partial charge in [0.05, 0.1) is 11.3 Å². The molecular formula is C16H16N6O. The molecule has 1 aromatic carbocycles. The number of piperazine rings is 1. The van der Waals surface area contributed by atoms with Crippen LogP contribution in [-0.2, 0) is 0 Å². The van der Waals surface area contributed by atoms with Crippen LogP contribution in [0.3, 0.4) is 0 Å². The molecule has 1 aromatic heterocycles. The zero-order valence-corrected chi connectivity index (χ0v) is 12.8. The maximum Gasteiger partial charge on any atom is 0.231 e. The first kappa shape index (κ1) is 13.8. The summed E-state index contributed by atoms with van der Waals surface area (Å²) < 4.78 is 1.57. The van der Waals surface area contributed by atoms with Crippen molar-refractivity contribution in [2.45, 2.75) is 0 Å². The highest BCUT2D eigenvalue weighted by Gasteiger charge is 2.32. The van der Waals surface area contributed by atoms with E-state index in [1.807, 2.05) is 24.3 Å². The van der Waals surface area contributed by atoms with E-state index in [1.54, 1.807) is 4.57 Å². The number of aromatic nitrogens is 2. The fourth-order valence-corrected chi connectivity index (χ4v) is 3.19. The van der Waals surface area contributed by atoms with Crippen LogP contribution in [0, 0.1) is 11.3 Å². The van der Waals surface area contributed by atoms with E-state index in [4.69, 9.17) is 11.0 Å². The number of carbonyl (C=O) groups is 1. The monoisotopic (exact) mass is 308 g/mol. The molecule has 7 nitrogen and oxygen atoms in total. The van der Waals surface area contributed by atoms with E-state index in [9.17, 15) is 4.79 Å². The van der Waals surface area contributed by atoms with Crippen LogP contribution in [0.4, 0.5) is 11.5 Å². The molecule has 4 rings (SSSR count). The van der Waals surface area contributed by atoms with Crippen LogP contribution in [0.15, 0.2) is 18.2 Å². The Balaban J connectivity index is 1.75. The number of hydrogen-bond acceptors (Lipinski definition) is 6. The van der Waals surface area contributed by atoms with Crippen molar-refractivity contribution in [3.8, 4) is 11.8 Å². The third-order valence-corrected chi connectivity index (χ3v) is 4.56. The number of ketones is 1. The number of nitrogens with two attached hydrogens (primary N) is 1. The molecule has 0 unspecified atom stereocenters. The van der Waals surface area contributed by atoms with Gasteiger partial charge < -0.3 is 15.5 Å². The van der Waals surface area contributed by atoms with Gasteiger partial charge in [-0.2, -0.15) is 5.26 Å². The molecule has 0 radical (unpaired) electrons. The maximum absolute atomic E-state index is 12.6. The summed E-state index contributed by atoms with van der Waals surface area (Å²) in [6.07, 6.45) is 0. The van der Waals surface area contributed by atoms with Crippen molar-refractivity contribution in [1.82, 2.24) is 14.5 Å². The molecular weight excluding hydrogens is 292 g/mol. The van der Waals surface area contributed by atoms with Crippen LogP contribution < -0.4 is 10.6 Å². The number of hydrogen-bond donors (Lipinski definition) is 1. The van der Waals surface area contributed by atoms with E-state index in [2.05, 4.69) is 21.8 Å². The zero-order valence-electron chi connectivity index (χ0n) is 12.8. The topological polar surface area (TPSA) is 91.2 Å². The van der Waals surface area contributed by atoms with Crippen molar-refractivity contribution in [3.05, 3.63) is 35.3 Å². The third kappa shape index (κ3) is 1.92. The lowest BCUT2D eigenvalue weighted by Crippen LogP contribution is -2.44. The first-order valence-electron chi connectivity index (χ1n) is 7.51. The smallest absolute Gasteiger partial charge is 0.231 e. The first-order chi connectivity index (χ1) is 11.1. The van der Waals surface area contributed by atoms with E-state index < -0.39 is 0 Å². The van der Waals surface area contributed by atoms with Crippen molar-refractivity contribution in [2.24, 2.45) is 0 Å². The van der Waals surface area contributed by atoms with Crippen LogP contribution in [0.25, 0.3) is 5.69 Å². The number of carbonyl (C=O) groups excluding carboxylic acids is 1. The molecule has 1 saturated heterocycles. The number of imidazole rings is 1. The summed E-state index contributed by atoms with van der Waals surface area (Å²) in [5.41, 5.74) is 8.38. The van der Waals surface area contributed by atoms with Gasteiger partial charge in [0.2, 0.25) is 5.78 Å². The van der Waals surface area contributed by atoms with Gasteiger partial charge in [0.1, 0.15) is 11.9 Å². The van der Waals surface area contributed by atoms with Gasteiger partial charge in [-0.1, -0.05) is 0 Å². The van der Waals surface area contributed by atoms with Gasteiger partial charge in [0.15, 0.2) is 11.5 Å². The Morgan fingerprint density at radius 1 is 1.26 bits per heavy atom. The van der Waals surface area contributed by atoms with Gasteiger partial charge in [-0.25, -0.2) is 4.98 Å². The van der Waals surface area contributed by atoms with E-state index in [1.165, 1.54) is 0 Å². The molecule has 0 spiro atoms. The van der Waals surface area contributed by atoms with Crippen LogP contribution in [0.1, 0.15) is 21.9 Å². The van der Waals surface area contributed by atoms with Crippen molar-refractivity contribution >= 4 is 17.3 Å². The highest BCUT2D eigenvalue weighted by molar-refractivity contribution is 6.14. The number of nitriles is 1. The summed E-state index contributed by atoms with van der Waals surface area (Å²) in [7, 11) is 2.11. The lowest BCUT2D eigenvalue weighted by Gasteiger charge is -2.34. The number of nitrogens with zero attached hydrogens (tertiary/aromatic N) is 5. The molecule has 0 amide bonds. The Morgan fingerprint density at radius 3 is 2.70 bits per heavy atom. The molecule has 0 saturated carbocycles. The lowest BCUT2D eigenvalue weighted by atomic mass is 10.1. The van der Waals surface area contributed by atoms with E-state index in [0.29, 0.717) is 11.3 Å². The number of likely N-dealkylation sites (N-methyl/N-ethyl adjacent to an activating group) is 1. The summed E-state index contributed by atoms with van der Waals surface area (Å²) in [4.78, 5) is 21.2. The Morgan fingerprint density at radius 2 is 2.00 bits per heavy atom. The predicted octanol–water partition coefficient (Wildman–Crippen LogP) is 0.622. The molecule has 0 bridgehead atoms. The van der Waals surface area contributed by atoms with E-state index in [0.717, 1.165) is 31.9 Å². The van der Waals surface area contributed by atoms with Crippen molar-refractivity contribution in [2.75, 3.05) is 43.9 Å². The summed E-state index contributed by atoms with van der Waals surface area (Å²) in [6.45, 7) is 3.89. The number of anilines is 2. The SMILES string of the molecule is CN1CCN(c2ccc3c(c2)C(=O)c2nc(C#N)c(N)n2-3)CC1. The Bertz CT molecular complexity index is 854.